The molecule has 0 fully saturated rings. The molecule has 41 heavy (non-hydrogen) atoms. The van der Waals surface area contributed by atoms with Gasteiger partial charge in [-0.05, 0) is 53.6 Å². The molecule has 0 aliphatic heterocycles. The topological polar surface area (TPSA) is 100 Å². The maximum Gasteiger partial charge on any atom is 0.326 e. The number of carbonyl (C=O) groups excluding carboxylic acids is 1. The number of hydrogen-bond donors (Lipinski definition) is 3. The average Bonchev–Trinajstić information content (AvgIpc) is 3.60. The van der Waals surface area contributed by atoms with Gasteiger partial charge in [0.25, 0.3) is 0 Å². The lowest BCUT2D eigenvalue weighted by atomic mass is 10.0. The van der Waals surface area contributed by atoms with Gasteiger partial charge in [-0.2, -0.15) is 5.10 Å². The molecule has 0 radical (unpaired) electrons. The molecule has 6 rings (SSSR count). The van der Waals surface area contributed by atoms with Crippen molar-refractivity contribution in [2.24, 2.45) is 0 Å². The van der Waals surface area contributed by atoms with Crippen molar-refractivity contribution in [1.82, 2.24) is 20.1 Å². The van der Waals surface area contributed by atoms with Crippen molar-refractivity contribution in [1.29, 1.82) is 0 Å². The van der Waals surface area contributed by atoms with E-state index in [2.05, 4.69) is 34.6 Å². The van der Waals surface area contributed by atoms with Crippen molar-refractivity contribution in [2.75, 3.05) is 0 Å². The van der Waals surface area contributed by atoms with Gasteiger partial charge in [-0.15, -0.1) is 0 Å². The molecule has 0 unspecified atom stereocenters. The highest BCUT2D eigenvalue weighted by atomic mass is 16.4. The van der Waals surface area contributed by atoms with E-state index in [1.54, 1.807) is 17.0 Å². The molecule has 4 aromatic carbocycles. The van der Waals surface area contributed by atoms with E-state index in [0.29, 0.717) is 5.69 Å². The molecule has 3 N–H and O–H groups in total. The van der Waals surface area contributed by atoms with Gasteiger partial charge in [0, 0.05) is 46.9 Å². The first-order chi connectivity index (χ1) is 19.9. The number of hydrogen-bond acceptors (Lipinski definition) is 3. The number of aliphatic carboxylic acids is 1. The van der Waals surface area contributed by atoms with Gasteiger partial charge in [0.05, 0.1) is 11.4 Å². The highest BCUT2D eigenvalue weighted by molar-refractivity contribution is 5.96. The average molecular weight is 541 g/mol. The molecule has 7 heteroatoms. The summed E-state index contributed by atoms with van der Waals surface area (Å²) in [6.07, 6.45) is 6.87. The molecule has 0 bridgehead atoms. The second-order valence-electron chi connectivity index (χ2n) is 10.1. The van der Waals surface area contributed by atoms with Crippen LogP contribution in [0.25, 0.3) is 44.7 Å². The molecule has 0 spiro atoms. The number of carboxylic acids is 1. The summed E-state index contributed by atoms with van der Waals surface area (Å²) >= 11 is 0. The Balaban J connectivity index is 1.29. The van der Waals surface area contributed by atoms with E-state index in [-0.39, 0.29) is 6.42 Å². The number of aromatic amines is 1. The molecule has 0 saturated heterocycles. The van der Waals surface area contributed by atoms with Crippen LogP contribution in [0.3, 0.4) is 0 Å². The molecule has 202 valence electrons. The van der Waals surface area contributed by atoms with E-state index in [0.717, 1.165) is 49.6 Å². The third kappa shape index (κ3) is 5.51. The lowest BCUT2D eigenvalue weighted by molar-refractivity contribution is -0.141. The summed E-state index contributed by atoms with van der Waals surface area (Å²) in [6.45, 7) is 2.03. The maximum atomic E-state index is 13.0. The van der Waals surface area contributed by atoms with Crippen LogP contribution in [-0.4, -0.2) is 37.8 Å². The monoisotopic (exact) mass is 540 g/mol. The van der Waals surface area contributed by atoms with Crippen LogP contribution in [0.1, 0.15) is 16.7 Å². The Hall–Kier alpha value is -5.43. The van der Waals surface area contributed by atoms with E-state index in [9.17, 15) is 14.7 Å². The van der Waals surface area contributed by atoms with Crippen LogP contribution in [0.5, 0.6) is 0 Å². The number of H-pyrrole nitrogens is 1. The Morgan fingerprint density at radius 1 is 0.976 bits per heavy atom. The van der Waals surface area contributed by atoms with Gasteiger partial charge in [0.15, 0.2) is 0 Å². The van der Waals surface area contributed by atoms with Crippen LogP contribution in [0.2, 0.25) is 0 Å². The predicted octanol–water partition coefficient (Wildman–Crippen LogP) is 6.31. The molecule has 7 nitrogen and oxygen atoms in total. The Morgan fingerprint density at radius 2 is 1.73 bits per heavy atom. The Morgan fingerprint density at radius 3 is 2.54 bits per heavy atom. The lowest BCUT2D eigenvalue weighted by Crippen LogP contribution is -2.41. The van der Waals surface area contributed by atoms with Crippen molar-refractivity contribution < 1.29 is 14.7 Å². The van der Waals surface area contributed by atoms with Gasteiger partial charge in [0.2, 0.25) is 5.91 Å². The van der Waals surface area contributed by atoms with Gasteiger partial charge >= 0.3 is 5.97 Å². The lowest BCUT2D eigenvalue weighted by Gasteiger charge is -2.12. The van der Waals surface area contributed by atoms with E-state index in [4.69, 9.17) is 5.10 Å². The summed E-state index contributed by atoms with van der Waals surface area (Å²) in [7, 11) is 0. The van der Waals surface area contributed by atoms with Crippen molar-refractivity contribution in [3.8, 4) is 16.9 Å². The van der Waals surface area contributed by atoms with Crippen LogP contribution in [-0.2, 0) is 16.0 Å². The van der Waals surface area contributed by atoms with Crippen molar-refractivity contribution in [3.63, 3.8) is 0 Å². The van der Waals surface area contributed by atoms with E-state index >= 15 is 0 Å². The summed E-state index contributed by atoms with van der Waals surface area (Å²) in [5, 5.41) is 20.5. The number of rotatable bonds is 8. The molecule has 0 aliphatic carbocycles. The highest BCUT2D eigenvalue weighted by Gasteiger charge is 2.21. The second-order valence-corrected chi connectivity index (χ2v) is 10.1. The van der Waals surface area contributed by atoms with Crippen LogP contribution in [0.15, 0.2) is 109 Å². The quantitative estimate of drug-likeness (QED) is 0.197. The second kappa shape index (κ2) is 11.0. The Kier molecular flexibility index (Phi) is 6.92. The number of amides is 1. The first-order valence-electron chi connectivity index (χ1n) is 13.4. The number of benzene rings is 4. The molecule has 0 aliphatic rings. The fourth-order valence-corrected chi connectivity index (χ4v) is 5.01. The smallest absolute Gasteiger partial charge is 0.326 e. The van der Waals surface area contributed by atoms with Crippen molar-refractivity contribution >= 4 is 39.6 Å². The minimum Gasteiger partial charge on any atom is -0.480 e. The maximum absolute atomic E-state index is 13.0. The van der Waals surface area contributed by atoms with E-state index in [1.807, 2.05) is 79.9 Å². The molecule has 1 atom stereocenters. The zero-order valence-corrected chi connectivity index (χ0v) is 22.4. The first kappa shape index (κ1) is 25.8. The molecule has 0 saturated carbocycles. The number of nitrogens with zero attached hydrogens (tertiary/aromatic N) is 2. The predicted molar refractivity (Wildman–Crippen MR) is 162 cm³/mol. The summed E-state index contributed by atoms with van der Waals surface area (Å²) < 4.78 is 1.79. The largest absolute Gasteiger partial charge is 0.480 e. The molecular weight excluding hydrogens is 512 g/mol. The summed E-state index contributed by atoms with van der Waals surface area (Å²) in [6, 6.07) is 28.9. The number of para-hydroxylation sites is 1. The summed E-state index contributed by atoms with van der Waals surface area (Å²) in [5.41, 5.74) is 6.16. The van der Waals surface area contributed by atoms with Crippen molar-refractivity contribution in [3.05, 3.63) is 126 Å². The molecule has 2 heterocycles. The molecule has 2 aromatic heterocycles. The zero-order chi connectivity index (χ0) is 28.3. The first-order valence-corrected chi connectivity index (χ1v) is 13.4. The van der Waals surface area contributed by atoms with Crippen LogP contribution in [0, 0.1) is 6.92 Å². The number of carboxylic acid groups (broad SMARTS) is 1. The Bertz CT molecular complexity index is 1910. The van der Waals surface area contributed by atoms with Gasteiger partial charge in [0.1, 0.15) is 6.04 Å². The normalized spacial score (nSPS) is 12.2. The molecule has 6 aromatic rings. The minimum atomic E-state index is -1.10. The van der Waals surface area contributed by atoms with E-state index in [1.165, 1.54) is 6.08 Å². The Labute approximate surface area is 236 Å². The third-order valence-electron chi connectivity index (χ3n) is 7.19. The van der Waals surface area contributed by atoms with Gasteiger partial charge in [-0.1, -0.05) is 72.3 Å². The van der Waals surface area contributed by atoms with E-state index < -0.39 is 17.9 Å². The number of aryl methyl sites for hydroxylation is 1. The van der Waals surface area contributed by atoms with Gasteiger partial charge in [-0.25, -0.2) is 9.48 Å². The number of nitrogens with one attached hydrogen (secondary N) is 2. The molecule has 1 amide bonds. The fourth-order valence-electron chi connectivity index (χ4n) is 5.01. The fraction of sp³-hybridized carbons (Fsp3) is 0.0882. The highest BCUT2D eigenvalue weighted by Crippen LogP contribution is 2.28. The van der Waals surface area contributed by atoms with Gasteiger partial charge < -0.3 is 15.4 Å². The van der Waals surface area contributed by atoms with Crippen LogP contribution >= 0.6 is 0 Å². The number of fused-ring (bicyclic) bond motifs is 2. The zero-order valence-electron chi connectivity index (χ0n) is 22.4. The number of carbonyl (C=O) groups is 2. The van der Waals surface area contributed by atoms with Crippen LogP contribution < -0.4 is 5.32 Å². The minimum absolute atomic E-state index is 0.159. The SMILES string of the molecule is Cc1ccc(-n2cc(/C=C\C(=O)N[C@@H](Cc3c[nH]c4ccccc34)C(=O)O)c(-c3ccc4ccccc4c3)n2)cc1. The standard InChI is InChI=1S/C34H28N4O3/c1-22-10-15-28(16-11-22)38-21-26(33(37-38)25-13-12-23-6-2-3-7-24(23)18-25)14-17-32(39)36-31(34(40)41)19-27-20-35-30-9-5-4-8-29(27)30/h2-18,20-21,31,35H,19H2,1H3,(H,36,39)(H,40,41)/b17-14-/t31-/m0/s1. The van der Waals surface area contributed by atoms with Gasteiger partial charge in [-0.3, -0.25) is 4.79 Å². The van der Waals surface area contributed by atoms with Crippen molar-refractivity contribution in [2.45, 2.75) is 19.4 Å². The third-order valence-corrected chi connectivity index (χ3v) is 7.19. The molecular formula is C34H28N4O3. The van der Waals surface area contributed by atoms with Crippen LogP contribution in [0.4, 0.5) is 0 Å². The summed E-state index contributed by atoms with van der Waals surface area (Å²) in [4.78, 5) is 28.2. The number of aromatic nitrogens is 3. The summed E-state index contributed by atoms with van der Waals surface area (Å²) in [5.74, 6) is -1.59.